The molecule has 2 aromatic rings. The Bertz CT molecular complexity index is 466. The molecule has 0 unspecified atom stereocenters. The second-order valence-electron chi connectivity index (χ2n) is 3.40. The fourth-order valence-electron chi connectivity index (χ4n) is 1.37. The van der Waals surface area contributed by atoms with Gasteiger partial charge in [0.05, 0.1) is 0 Å². The number of anilines is 1. The van der Waals surface area contributed by atoms with E-state index in [0.717, 1.165) is 15.7 Å². The number of aromatic nitrogens is 1. The largest absolute Gasteiger partial charge is 0.363 e. The molecule has 0 N–H and O–H groups in total. The van der Waals surface area contributed by atoms with Crippen molar-refractivity contribution < 1.29 is 0 Å². The molecule has 0 saturated heterocycles. The smallest absolute Gasteiger partial charge is 0.128 e. The molecule has 1 aromatic carbocycles. The summed E-state index contributed by atoms with van der Waals surface area (Å²) in [6.07, 6.45) is 1.90. The second-order valence-corrected chi connectivity index (χ2v) is 4.25. The molecule has 0 aliphatic heterocycles. The molecule has 2 nitrogen and oxygen atoms in total. The van der Waals surface area contributed by atoms with E-state index in [1.807, 2.05) is 37.3 Å². The molecule has 0 saturated carbocycles. The number of nitrogens with zero attached hydrogens (tertiary/aromatic N) is 2. The van der Waals surface area contributed by atoms with Gasteiger partial charge in [-0.1, -0.05) is 28.1 Å². The maximum Gasteiger partial charge on any atom is 0.128 e. The zero-order valence-electron chi connectivity index (χ0n) is 8.16. The molecule has 2 rings (SSSR count). The summed E-state index contributed by atoms with van der Waals surface area (Å²) in [6, 6.07) is 8.21. The van der Waals surface area contributed by atoms with Crippen molar-refractivity contribution in [3.05, 3.63) is 34.9 Å². The molecule has 0 amide bonds. The lowest BCUT2D eigenvalue weighted by Gasteiger charge is -2.11. The summed E-state index contributed by atoms with van der Waals surface area (Å²) >= 11 is 3.53. The molecule has 0 aliphatic carbocycles. The van der Waals surface area contributed by atoms with E-state index in [0.29, 0.717) is 0 Å². The van der Waals surface area contributed by atoms with Gasteiger partial charge in [-0.25, -0.2) is 4.98 Å². The van der Waals surface area contributed by atoms with Crippen LogP contribution in [0.3, 0.4) is 0 Å². The number of rotatable bonds is 1. The zero-order valence-corrected chi connectivity index (χ0v) is 9.75. The average molecular weight is 251 g/mol. The number of hydrogen-bond donors (Lipinski definition) is 0. The van der Waals surface area contributed by atoms with E-state index in [-0.39, 0.29) is 0 Å². The third-order valence-corrected chi connectivity index (χ3v) is 2.85. The van der Waals surface area contributed by atoms with Crippen molar-refractivity contribution in [1.29, 1.82) is 0 Å². The molecule has 0 aliphatic rings. The monoisotopic (exact) mass is 250 g/mol. The van der Waals surface area contributed by atoms with Crippen LogP contribution in [0.25, 0.3) is 10.8 Å². The molecule has 3 heteroatoms. The Morgan fingerprint density at radius 1 is 1.29 bits per heavy atom. The molecular weight excluding hydrogens is 240 g/mol. The van der Waals surface area contributed by atoms with Gasteiger partial charge in [0.15, 0.2) is 0 Å². The first-order valence-electron chi connectivity index (χ1n) is 4.40. The maximum absolute atomic E-state index is 4.35. The van der Waals surface area contributed by atoms with Gasteiger partial charge < -0.3 is 4.90 Å². The molecule has 0 atom stereocenters. The van der Waals surface area contributed by atoms with Crippen molar-refractivity contribution in [1.82, 2.24) is 4.98 Å². The van der Waals surface area contributed by atoms with Crippen LogP contribution in [0, 0.1) is 0 Å². The zero-order chi connectivity index (χ0) is 10.1. The number of benzene rings is 1. The van der Waals surface area contributed by atoms with Crippen molar-refractivity contribution in [3.8, 4) is 0 Å². The van der Waals surface area contributed by atoms with E-state index in [2.05, 4.69) is 33.0 Å². The van der Waals surface area contributed by atoms with E-state index < -0.39 is 0 Å². The van der Waals surface area contributed by atoms with Gasteiger partial charge >= 0.3 is 0 Å². The van der Waals surface area contributed by atoms with E-state index in [9.17, 15) is 0 Å². The van der Waals surface area contributed by atoms with Crippen molar-refractivity contribution in [3.63, 3.8) is 0 Å². The topological polar surface area (TPSA) is 16.1 Å². The Balaban J connectivity index is 2.70. The molecule has 72 valence electrons. The fourth-order valence-corrected chi connectivity index (χ4v) is 1.86. The highest BCUT2D eigenvalue weighted by atomic mass is 79.9. The quantitative estimate of drug-likeness (QED) is 0.774. The Hall–Kier alpha value is -1.09. The maximum atomic E-state index is 4.35. The molecule has 14 heavy (non-hydrogen) atoms. The normalized spacial score (nSPS) is 10.5. The first kappa shape index (κ1) is 9.46. The van der Waals surface area contributed by atoms with Crippen LogP contribution in [0.5, 0.6) is 0 Å². The van der Waals surface area contributed by atoms with E-state index in [4.69, 9.17) is 0 Å². The molecule has 0 radical (unpaired) electrons. The number of pyridine rings is 1. The number of hydrogen-bond acceptors (Lipinski definition) is 2. The van der Waals surface area contributed by atoms with Gasteiger partial charge in [-0.2, -0.15) is 0 Å². The lowest BCUT2D eigenvalue weighted by Crippen LogP contribution is -2.10. The van der Waals surface area contributed by atoms with Gasteiger partial charge in [-0.3, -0.25) is 0 Å². The highest BCUT2D eigenvalue weighted by molar-refractivity contribution is 9.10. The molecular formula is C11H11BrN2. The van der Waals surface area contributed by atoms with Crippen molar-refractivity contribution >= 4 is 32.5 Å². The van der Waals surface area contributed by atoms with Crippen LogP contribution in [0.1, 0.15) is 0 Å². The molecule has 0 bridgehead atoms. The van der Waals surface area contributed by atoms with Crippen LogP contribution in [-0.4, -0.2) is 19.1 Å². The lowest BCUT2D eigenvalue weighted by molar-refractivity contribution is 1.07. The van der Waals surface area contributed by atoms with Gasteiger partial charge in [0.25, 0.3) is 0 Å². The van der Waals surface area contributed by atoms with Crippen LogP contribution < -0.4 is 4.90 Å². The predicted molar refractivity (Wildman–Crippen MR) is 63.8 cm³/mol. The molecule has 1 aromatic heterocycles. The average Bonchev–Trinajstić information content (AvgIpc) is 2.18. The highest BCUT2D eigenvalue weighted by Crippen LogP contribution is 2.25. The van der Waals surface area contributed by atoms with Crippen LogP contribution in [0.2, 0.25) is 0 Å². The van der Waals surface area contributed by atoms with E-state index in [1.165, 1.54) is 5.39 Å². The lowest BCUT2D eigenvalue weighted by atomic mass is 10.2. The van der Waals surface area contributed by atoms with Crippen molar-refractivity contribution in [2.75, 3.05) is 19.0 Å². The summed E-state index contributed by atoms with van der Waals surface area (Å²) in [4.78, 5) is 6.35. The van der Waals surface area contributed by atoms with Crippen LogP contribution >= 0.6 is 15.9 Å². The summed E-state index contributed by atoms with van der Waals surface area (Å²) in [5.41, 5.74) is 0. The third kappa shape index (κ3) is 1.60. The number of halogens is 1. The molecule has 1 heterocycles. The Labute approximate surface area is 91.7 Å². The van der Waals surface area contributed by atoms with Crippen molar-refractivity contribution in [2.45, 2.75) is 0 Å². The van der Waals surface area contributed by atoms with Gasteiger partial charge in [0.1, 0.15) is 5.82 Å². The minimum Gasteiger partial charge on any atom is -0.363 e. The second kappa shape index (κ2) is 3.58. The first-order chi connectivity index (χ1) is 6.68. The van der Waals surface area contributed by atoms with Gasteiger partial charge in [-0.05, 0) is 12.1 Å². The number of fused-ring (bicyclic) bond motifs is 1. The summed E-state index contributed by atoms with van der Waals surface area (Å²) in [7, 11) is 3.98. The minimum absolute atomic E-state index is 0.976. The Morgan fingerprint density at radius 3 is 2.79 bits per heavy atom. The Morgan fingerprint density at radius 2 is 2.07 bits per heavy atom. The van der Waals surface area contributed by atoms with E-state index in [1.54, 1.807) is 0 Å². The molecule has 0 spiro atoms. The van der Waals surface area contributed by atoms with Crippen LogP contribution in [-0.2, 0) is 0 Å². The van der Waals surface area contributed by atoms with Gasteiger partial charge in [0.2, 0.25) is 0 Å². The summed E-state index contributed by atoms with van der Waals surface area (Å²) in [6.45, 7) is 0. The SMILES string of the molecule is CN(C)c1cc2c(Br)cccc2cn1. The first-order valence-corrected chi connectivity index (χ1v) is 5.19. The van der Waals surface area contributed by atoms with E-state index >= 15 is 0 Å². The predicted octanol–water partition coefficient (Wildman–Crippen LogP) is 3.06. The fraction of sp³-hybridized carbons (Fsp3) is 0.182. The summed E-state index contributed by atoms with van der Waals surface area (Å²) < 4.78 is 1.11. The van der Waals surface area contributed by atoms with Gasteiger partial charge in [0, 0.05) is 35.5 Å². The van der Waals surface area contributed by atoms with Gasteiger partial charge in [-0.15, -0.1) is 0 Å². The highest BCUT2D eigenvalue weighted by Gasteiger charge is 2.01. The molecule has 0 fully saturated rings. The third-order valence-electron chi connectivity index (χ3n) is 2.15. The van der Waals surface area contributed by atoms with Crippen LogP contribution in [0.15, 0.2) is 34.9 Å². The van der Waals surface area contributed by atoms with Crippen molar-refractivity contribution in [2.24, 2.45) is 0 Å². The minimum atomic E-state index is 0.976. The van der Waals surface area contributed by atoms with Crippen LogP contribution in [0.4, 0.5) is 5.82 Å². The summed E-state index contributed by atoms with van der Waals surface area (Å²) in [5.74, 6) is 0.976. The Kier molecular flexibility index (Phi) is 2.42. The standard InChI is InChI=1S/C11H11BrN2/c1-14(2)11-6-9-8(7-13-11)4-3-5-10(9)12/h3-7H,1-2H3. The summed E-state index contributed by atoms with van der Waals surface area (Å²) in [5, 5.41) is 2.36.